The van der Waals surface area contributed by atoms with Crippen LogP contribution in [-0.4, -0.2) is 64.9 Å². The summed E-state index contributed by atoms with van der Waals surface area (Å²) < 4.78 is 57.3. The molecule has 0 unspecified atom stereocenters. The minimum Gasteiger partial charge on any atom is -0.497 e. The molecule has 0 saturated heterocycles. The highest BCUT2D eigenvalue weighted by Gasteiger charge is 2.37. The van der Waals surface area contributed by atoms with Gasteiger partial charge in [0.1, 0.15) is 23.7 Å². The zero-order valence-electron chi connectivity index (χ0n) is 23.9. The number of amides is 1. The van der Waals surface area contributed by atoms with Crippen LogP contribution in [0.3, 0.4) is 0 Å². The summed E-state index contributed by atoms with van der Waals surface area (Å²) in [6.45, 7) is 0.975. The van der Waals surface area contributed by atoms with Crippen LogP contribution >= 0.6 is 0 Å². The van der Waals surface area contributed by atoms with Crippen molar-refractivity contribution in [3.63, 3.8) is 0 Å². The summed E-state index contributed by atoms with van der Waals surface area (Å²) in [5, 5.41) is 0.535. The van der Waals surface area contributed by atoms with E-state index in [1.165, 1.54) is 23.5 Å². The van der Waals surface area contributed by atoms with Crippen molar-refractivity contribution in [1.29, 1.82) is 0 Å². The minimum atomic E-state index is -3.72. The standard InChI is InChI=1S/C31H32FN3O6S/c1-34(42(4,37)38)29-25-16-22(15-20-5-9-23(32)10-6-20)17-33-28(25)30(41-19-21-7-11-24(40-3)12-8-21)27-26(29)18-35(31(27)36)13-14-39-2/h5-12,16-17H,13-15,18-19H2,1-4H3. The van der Waals surface area contributed by atoms with Gasteiger partial charge in [-0.3, -0.25) is 14.1 Å². The molecule has 0 saturated carbocycles. The van der Waals surface area contributed by atoms with Crippen molar-refractivity contribution in [2.75, 3.05) is 45.0 Å². The van der Waals surface area contributed by atoms with Gasteiger partial charge >= 0.3 is 0 Å². The molecule has 1 amide bonds. The molecule has 220 valence electrons. The number of nitrogens with zero attached hydrogens (tertiary/aromatic N) is 3. The number of fused-ring (bicyclic) bond motifs is 2. The Bertz CT molecular complexity index is 1730. The number of aromatic nitrogens is 1. The Morgan fingerprint density at radius 1 is 1.02 bits per heavy atom. The molecular weight excluding hydrogens is 561 g/mol. The number of benzene rings is 3. The third kappa shape index (κ3) is 5.88. The fourth-order valence-electron chi connectivity index (χ4n) is 5.07. The molecule has 11 heteroatoms. The summed E-state index contributed by atoms with van der Waals surface area (Å²) >= 11 is 0. The number of pyridine rings is 1. The van der Waals surface area contributed by atoms with Gasteiger partial charge in [-0.05, 0) is 53.4 Å². The maximum atomic E-state index is 13.8. The number of halogens is 1. The Kier molecular flexibility index (Phi) is 8.33. The molecule has 0 spiro atoms. The molecule has 0 N–H and O–H groups in total. The zero-order chi connectivity index (χ0) is 30.0. The molecular formula is C31H32FN3O6S. The average Bonchev–Trinajstić information content (AvgIpc) is 3.30. The number of carbonyl (C=O) groups excluding carboxylic acids is 1. The number of carbonyl (C=O) groups is 1. The zero-order valence-corrected chi connectivity index (χ0v) is 24.7. The Labute approximate surface area is 244 Å². The van der Waals surface area contributed by atoms with E-state index in [1.807, 2.05) is 30.3 Å². The van der Waals surface area contributed by atoms with Crippen LogP contribution in [0, 0.1) is 5.82 Å². The van der Waals surface area contributed by atoms with Gasteiger partial charge in [-0.1, -0.05) is 24.3 Å². The summed E-state index contributed by atoms with van der Waals surface area (Å²) in [7, 11) is 0.901. The van der Waals surface area contributed by atoms with Crippen molar-refractivity contribution in [3.8, 4) is 11.5 Å². The molecule has 42 heavy (non-hydrogen) atoms. The van der Waals surface area contributed by atoms with E-state index in [0.29, 0.717) is 53.2 Å². The number of anilines is 1. The fraction of sp³-hybridized carbons (Fsp3) is 0.290. The highest BCUT2D eigenvalue weighted by atomic mass is 32.2. The summed E-state index contributed by atoms with van der Waals surface area (Å²) in [4.78, 5) is 20.1. The van der Waals surface area contributed by atoms with E-state index < -0.39 is 10.0 Å². The van der Waals surface area contributed by atoms with Gasteiger partial charge in [0.15, 0.2) is 5.75 Å². The molecule has 1 aromatic heterocycles. The monoisotopic (exact) mass is 593 g/mol. The molecule has 2 heterocycles. The summed E-state index contributed by atoms with van der Waals surface area (Å²) in [5.74, 6) is 0.385. The lowest BCUT2D eigenvalue weighted by molar-refractivity contribution is 0.0716. The van der Waals surface area contributed by atoms with Crippen molar-refractivity contribution in [1.82, 2.24) is 9.88 Å². The normalized spacial score (nSPS) is 13.0. The fourth-order valence-corrected chi connectivity index (χ4v) is 5.61. The van der Waals surface area contributed by atoms with Gasteiger partial charge in [0.2, 0.25) is 10.0 Å². The lowest BCUT2D eigenvalue weighted by Gasteiger charge is -2.24. The van der Waals surface area contributed by atoms with E-state index in [1.54, 1.807) is 37.4 Å². The van der Waals surface area contributed by atoms with Crippen LogP contribution in [-0.2, 0) is 34.3 Å². The van der Waals surface area contributed by atoms with E-state index in [2.05, 4.69) is 0 Å². The van der Waals surface area contributed by atoms with Crippen LogP contribution in [0.5, 0.6) is 11.5 Å². The van der Waals surface area contributed by atoms with Gasteiger partial charge < -0.3 is 19.1 Å². The number of rotatable bonds is 11. The first-order chi connectivity index (χ1) is 20.1. The molecule has 4 aromatic rings. The smallest absolute Gasteiger partial charge is 0.258 e. The quantitative estimate of drug-likeness (QED) is 0.252. The Hall–Kier alpha value is -4.22. The second kappa shape index (κ2) is 11.9. The van der Waals surface area contributed by atoms with Crippen molar-refractivity contribution in [2.24, 2.45) is 0 Å². The summed E-state index contributed by atoms with van der Waals surface area (Å²) in [5.41, 5.74) is 4.09. The van der Waals surface area contributed by atoms with Gasteiger partial charge in [0.05, 0.1) is 31.2 Å². The van der Waals surface area contributed by atoms with Crippen molar-refractivity contribution in [3.05, 3.63) is 94.4 Å². The predicted octanol–water partition coefficient (Wildman–Crippen LogP) is 4.55. The highest BCUT2D eigenvalue weighted by molar-refractivity contribution is 7.92. The molecule has 1 aliphatic rings. The second-order valence-electron chi connectivity index (χ2n) is 10.2. The minimum absolute atomic E-state index is 0.150. The van der Waals surface area contributed by atoms with Crippen LogP contribution in [0.15, 0.2) is 60.8 Å². The number of hydrogen-bond donors (Lipinski definition) is 0. The van der Waals surface area contributed by atoms with Gasteiger partial charge in [0, 0.05) is 44.4 Å². The predicted molar refractivity (Wildman–Crippen MR) is 158 cm³/mol. The first kappa shape index (κ1) is 29.3. The van der Waals surface area contributed by atoms with Gasteiger partial charge in [-0.25, -0.2) is 12.8 Å². The van der Waals surface area contributed by atoms with Gasteiger partial charge in [0.25, 0.3) is 5.91 Å². The van der Waals surface area contributed by atoms with Crippen molar-refractivity contribution >= 4 is 32.5 Å². The highest BCUT2D eigenvalue weighted by Crippen LogP contribution is 2.45. The molecule has 5 rings (SSSR count). The average molecular weight is 594 g/mol. The SMILES string of the molecule is COCCN1Cc2c(c(OCc3ccc(OC)cc3)c3ncc(Cc4ccc(F)cc4)cc3c2N(C)S(C)(=O)=O)C1=O. The number of methoxy groups -OCH3 is 2. The lowest BCUT2D eigenvalue weighted by atomic mass is 9.98. The van der Waals surface area contributed by atoms with E-state index in [-0.39, 0.29) is 30.4 Å². The molecule has 0 aliphatic carbocycles. The summed E-state index contributed by atoms with van der Waals surface area (Å²) in [6.07, 6.45) is 3.24. The van der Waals surface area contributed by atoms with Crippen LogP contribution < -0.4 is 13.8 Å². The van der Waals surface area contributed by atoms with E-state index in [9.17, 15) is 17.6 Å². The van der Waals surface area contributed by atoms with Crippen LogP contribution in [0.25, 0.3) is 10.9 Å². The largest absolute Gasteiger partial charge is 0.497 e. The third-order valence-corrected chi connectivity index (χ3v) is 8.50. The number of sulfonamides is 1. The van der Waals surface area contributed by atoms with Gasteiger partial charge in [-0.15, -0.1) is 0 Å². The molecule has 1 aliphatic heterocycles. The first-order valence-electron chi connectivity index (χ1n) is 13.3. The Morgan fingerprint density at radius 2 is 1.71 bits per heavy atom. The van der Waals surface area contributed by atoms with Gasteiger partial charge in [-0.2, -0.15) is 0 Å². The topological polar surface area (TPSA) is 98.3 Å². The maximum Gasteiger partial charge on any atom is 0.258 e. The van der Waals surface area contributed by atoms with Crippen LogP contribution in [0.4, 0.5) is 10.1 Å². The lowest BCUT2D eigenvalue weighted by Crippen LogP contribution is -2.28. The second-order valence-corrected chi connectivity index (χ2v) is 12.2. The van der Waals surface area contributed by atoms with E-state index in [4.69, 9.17) is 19.2 Å². The Balaban J connectivity index is 1.69. The molecule has 0 fully saturated rings. The number of ether oxygens (including phenoxy) is 3. The molecule has 9 nitrogen and oxygen atoms in total. The van der Waals surface area contributed by atoms with Crippen LogP contribution in [0.2, 0.25) is 0 Å². The Morgan fingerprint density at radius 3 is 2.36 bits per heavy atom. The van der Waals surface area contributed by atoms with E-state index in [0.717, 1.165) is 22.9 Å². The van der Waals surface area contributed by atoms with Crippen molar-refractivity contribution in [2.45, 2.75) is 19.6 Å². The first-order valence-corrected chi connectivity index (χ1v) is 15.1. The van der Waals surface area contributed by atoms with Crippen molar-refractivity contribution < 1.29 is 31.8 Å². The maximum absolute atomic E-state index is 13.8. The summed E-state index contributed by atoms with van der Waals surface area (Å²) in [6, 6.07) is 15.4. The van der Waals surface area contributed by atoms with E-state index >= 15 is 0 Å². The van der Waals surface area contributed by atoms with Crippen LogP contribution in [0.1, 0.15) is 32.6 Å². The molecule has 3 aromatic carbocycles. The number of hydrogen-bond acceptors (Lipinski definition) is 7. The third-order valence-electron chi connectivity index (χ3n) is 7.32. The molecule has 0 atom stereocenters. The molecule has 0 bridgehead atoms. The molecule has 0 radical (unpaired) electrons.